The number of carbonyl (C=O) groups is 2. The molecule has 0 radical (unpaired) electrons. The number of hydrogen-bond acceptors (Lipinski definition) is 8. The minimum absolute atomic E-state index is 0.100. The molecule has 0 amide bonds. The lowest BCUT2D eigenvalue weighted by Crippen LogP contribution is -2.16. The lowest BCUT2D eigenvalue weighted by Gasteiger charge is -2.07. The minimum atomic E-state index is -0.763. The van der Waals surface area contributed by atoms with Crippen LogP contribution in [-0.2, 0) is 9.47 Å². The molecule has 0 aliphatic heterocycles. The highest BCUT2D eigenvalue weighted by Crippen LogP contribution is 2.22. The molecule has 120 valence electrons. The highest BCUT2D eigenvalue weighted by Gasteiger charge is 2.22. The first-order valence-electron chi connectivity index (χ1n) is 6.91. The van der Waals surface area contributed by atoms with Crippen LogP contribution in [0.1, 0.15) is 21.1 Å². The van der Waals surface area contributed by atoms with E-state index in [4.69, 9.17) is 0 Å². The fourth-order valence-electron chi connectivity index (χ4n) is 2.11. The number of benzene rings is 1. The van der Waals surface area contributed by atoms with Gasteiger partial charge in [-0.05, 0) is 12.1 Å². The molecule has 0 spiro atoms. The highest BCUT2D eigenvalue weighted by molar-refractivity contribution is 5.95. The largest absolute Gasteiger partial charge is 0.464 e. The summed E-state index contributed by atoms with van der Waals surface area (Å²) in [7, 11) is 2.42. The third kappa shape index (κ3) is 2.76. The van der Waals surface area contributed by atoms with Crippen molar-refractivity contribution < 1.29 is 19.1 Å². The van der Waals surface area contributed by atoms with Crippen LogP contribution >= 0.6 is 0 Å². The van der Waals surface area contributed by atoms with Gasteiger partial charge in [0.15, 0.2) is 5.69 Å². The summed E-state index contributed by atoms with van der Waals surface area (Å²) in [4.78, 5) is 32.1. The number of carbonyl (C=O) groups excluding carboxylic acids is 2. The number of aromatic nitrogens is 4. The second-order valence-corrected chi connectivity index (χ2v) is 4.70. The number of nitrogens with zero attached hydrogens (tertiary/aromatic N) is 4. The van der Waals surface area contributed by atoms with Gasteiger partial charge in [0.2, 0.25) is 0 Å². The molecule has 0 bridgehead atoms. The van der Waals surface area contributed by atoms with Crippen LogP contribution in [0.3, 0.4) is 0 Å². The van der Waals surface area contributed by atoms with Crippen LogP contribution in [0.15, 0.2) is 36.4 Å². The maximum atomic E-state index is 11.9. The minimum Gasteiger partial charge on any atom is -0.464 e. The lowest BCUT2D eigenvalue weighted by atomic mass is 10.1. The first kappa shape index (κ1) is 15.5. The average Bonchev–Trinajstić information content (AvgIpc) is 2.65. The van der Waals surface area contributed by atoms with E-state index in [1.165, 1.54) is 14.2 Å². The van der Waals surface area contributed by atoms with E-state index in [1.54, 1.807) is 6.07 Å². The molecule has 2 heterocycles. The van der Waals surface area contributed by atoms with E-state index in [1.807, 2.05) is 30.3 Å². The number of para-hydroxylation sites is 1. The molecule has 0 saturated heterocycles. The zero-order valence-electron chi connectivity index (χ0n) is 12.9. The highest BCUT2D eigenvalue weighted by atomic mass is 16.5. The van der Waals surface area contributed by atoms with Gasteiger partial charge in [0.1, 0.15) is 5.69 Å². The molecule has 0 saturated carbocycles. The fourth-order valence-corrected chi connectivity index (χ4v) is 2.11. The molecule has 2 aromatic heterocycles. The van der Waals surface area contributed by atoms with Gasteiger partial charge in [-0.3, -0.25) is 0 Å². The summed E-state index contributed by atoms with van der Waals surface area (Å²) in [5.41, 5.74) is 1.05. The van der Waals surface area contributed by atoms with Crippen molar-refractivity contribution in [1.82, 2.24) is 20.2 Å². The molecular weight excluding hydrogens is 312 g/mol. The van der Waals surface area contributed by atoms with E-state index in [0.717, 1.165) is 5.39 Å². The Balaban J connectivity index is 2.21. The normalized spacial score (nSPS) is 10.4. The van der Waals surface area contributed by atoms with Crippen molar-refractivity contribution in [3.63, 3.8) is 0 Å². The zero-order valence-corrected chi connectivity index (χ0v) is 12.9. The molecule has 0 aliphatic carbocycles. The number of hydrogen-bond donors (Lipinski definition) is 0. The van der Waals surface area contributed by atoms with E-state index in [2.05, 4.69) is 29.6 Å². The maximum Gasteiger partial charge on any atom is 0.378 e. The number of rotatable bonds is 3. The molecule has 0 aliphatic rings. The van der Waals surface area contributed by atoms with Crippen molar-refractivity contribution in [3.8, 4) is 11.4 Å². The van der Waals surface area contributed by atoms with E-state index in [-0.39, 0.29) is 17.2 Å². The summed E-state index contributed by atoms with van der Waals surface area (Å²) < 4.78 is 9.27. The molecule has 24 heavy (non-hydrogen) atoms. The Bertz CT molecular complexity index is 942. The summed E-state index contributed by atoms with van der Waals surface area (Å²) in [6.07, 6.45) is 0. The SMILES string of the molecule is COC(=O)c1nnc(C(=O)OC)c(-c2ccc3ccccc3n2)n1. The summed E-state index contributed by atoms with van der Waals surface area (Å²) >= 11 is 0. The Kier molecular flexibility index (Phi) is 4.11. The zero-order chi connectivity index (χ0) is 17.1. The van der Waals surface area contributed by atoms with Crippen LogP contribution in [0.5, 0.6) is 0 Å². The Labute approximate surface area is 136 Å². The van der Waals surface area contributed by atoms with Crippen molar-refractivity contribution >= 4 is 22.8 Å². The summed E-state index contributed by atoms with van der Waals surface area (Å²) in [5.74, 6) is -1.76. The second-order valence-electron chi connectivity index (χ2n) is 4.70. The Hall–Kier alpha value is -3.42. The number of pyridine rings is 1. The van der Waals surface area contributed by atoms with Crippen LogP contribution in [0.25, 0.3) is 22.3 Å². The molecule has 1 aromatic carbocycles. The van der Waals surface area contributed by atoms with E-state index in [0.29, 0.717) is 11.2 Å². The van der Waals surface area contributed by atoms with Gasteiger partial charge in [-0.1, -0.05) is 24.3 Å². The topological polar surface area (TPSA) is 104 Å². The summed E-state index contributed by atoms with van der Waals surface area (Å²) in [6, 6.07) is 11.0. The predicted molar refractivity (Wildman–Crippen MR) is 83.2 cm³/mol. The molecule has 0 unspecified atom stereocenters. The van der Waals surface area contributed by atoms with Gasteiger partial charge >= 0.3 is 11.9 Å². The third-order valence-corrected chi connectivity index (χ3v) is 3.27. The van der Waals surface area contributed by atoms with Crippen molar-refractivity contribution in [1.29, 1.82) is 0 Å². The lowest BCUT2D eigenvalue weighted by molar-refractivity contribution is 0.0568. The monoisotopic (exact) mass is 324 g/mol. The Morgan fingerprint density at radius 3 is 2.38 bits per heavy atom. The van der Waals surface area contributed by atoms with Crippen LogP contribution < -0.4 is 0 Å². The van der Waals surface area contributed by atoms with Gasteiger partial charge in [-0.15, -0.1) is 10.2 Å². The molecule has 8 nitrogen and oxygen atoms in total. The Morgan fingerprint density at radius 2 is 1.62 bits per heavy atom. The van der Waals surface area contributed by atoms with E-state index < -0.39 is 11.9 Å². The second kappa shape index (κ2) is 6.37. The maximum absolute atomic E-state index is 11.9. The van der Waals surface area contributed by atoms with Gasteiger partial charge in [-0.25, -0.2) is 19.6 Å². The standard InChI is InChI=1S/C16H12N4O4/c1-23-15(21)13-12(18-14(20-19-13)16(22)24-2)11-8-7-9-5-3-4-6-10(9)17-11/h3-8H,1-2H3. The quantitative estimate of drug-likeness (QED) is 0.670. The summed E-state index contributed by atoms with van der Waals surface area (Å²) in [5, 5.41) is 8.28. The molecule has 0 atom stereocenters. The van der Waals surface area contributed by atoms with Crippen molar-refractivity contribution in [2.45, 2.75) is 0 Å². The van der Waals surface area contributed by atoms with Crippen LogP contribution in [0.2, 0.25) is 0 Å². The number of methoxy groups -OCH3 is 2. The van der Waals surface area contributed by atoms with Gasteiger partial charge in [0.05, 0.1) is 25.4 Å². The van der Waals surface area contributed by atoms with Crippen LogP contribution in [0, 0.1) is 0 Å². The van der Waals surface area contributed by atoms with E-state index in [9.17, 15) is 9.59 Å². The average molecular weight is 324 g/mol. The van der Waals surface area contributed by atoms with Crippen molar-refractivity contribution in [3.05, 3.63) is 47.9 Å². The van der Waals surface area contributed by atoms with Gasteiger partial charge in [-0.2, -0.15) is 0 Å². The number of fused-ring (bicyclic) bond motifs is 1. The van der Waals surface area contributed by atoms with Gasteiger partial charge in [0.25, 0.3) is 5.82 Å². The predicted octanol–water partition coefficient (Wildman–Crippen LogP) is 1.66. The smallest absolute Gasteiger partial charge is 0.378 e. The Morgan fingerprint density at radius 1 is 0.875 bits per heavy atom. The summed E-state index contributed by atoms with van der Waals surface area (Å²) in [6.45, 7) is 0. The van der Waals surface area contributed by atoms with E-state index >= 15 is 0 Å². The number of esters is 2. The molecule has 3 rings (SSSR count). The third-order valence-electron chi connectivity index (χ3n) is 3.27. The fraction of sp³-hybridized carbons (Fsp3) is 0.125. The van der Waals surface area contributed by atoms with Crippen molar-refractivity contribution in [2.24, 2.45) is 0 Å². The van der Waals surface area contributed by atoms with Gasteiger partial charge in [0, 0.05) is 5.39 Å². The number of ether oxygens (including phenoxy) is 2. The molecule has 0 fully saturated rings. The molecule has 8 heteroatoms. The van der Waals surface area contributed by atoms with Gasteiger partial charge < -0.3 is 9.47 Å². The van der Waals surface area contributed by atoms with Crippen LogP contribution in [0.4, 0.5) is 0 Å². The van der Waals surface area contributed by atoms with Crippen molar-refractivity contribution in [2.75, 3.05) is 14.2 Å². The first-order chi connectivity index (χ1) is 11.6. The first-order valence-corrected chi connectivity index (χ1v) is 6.91. The molecule has 0 N–H and O–H groups in total. The molecular formula is C16H12N4O4. The van der Waals surface area contributed by atoms with Crippen LogP contribution in [-0.4, -0.2) is 46.3 Å². The molecule has 3 aromatic rings.